The lowest BCUT2D eigenvalue weighted by molar-refractivity contribution is -0.0122. The molecule has 2 unspecified atom stereocenters. The van der Waals surface area contributed by atoms with Crippen molar-refractivity contribution in [3.63, 3.8) is 0 Å². The van der Waals surface area contributed by atoms with Gasteiger partial charge in [0, 0.05) is 5.54 Å². The number of nitrogens with zero attached hydrogens (tertiary/aromatic N) is 1. The topological polar surface area (TPSA) is 3.24 Å². The monoisotopic (exact) mass is 319 g/mol. The molecular weight excluding hydrogens is 278 g/mol. The van der Waals surface area contributed by atoms with Crippen LogP contribution in [0.25, 0.3) is 0 Å². The minimum atomic E-state index is 0.450. The summed E-state index contributed by atoms with van der Waals surface area (Å²) in [5, 5.41) is 0. The molecule has 3 fully saturated rings. The van der Waals surface area contributed by atoms with Crippen molar-refractivity contribution in [2.24, 2.45) is 34.5 Å². The minimum absolute atomic E-state index is 0.450. The average Bonchev–Trinajstić information content (AvgIpc) is 2.97. The standard InChI is InChI=1S/C22H41N/c1-20(2,3)19-13-17(19)15-21(4,5)18-11-16(12-18)14-22(6,7)23-9-8-10-23/h16-19H,8-15H2,1-7H3. The van der Waals surface area contributed by atoms with Gasteiger partial charge in [-0.3, -0.25) is 4.90 Å². The van der Waals surface area contributed by atoms with Gasteiger partial charge in [-0.1, -0.05) is 34.6 Å². The van der Waals surface area contributed by atoms with Crippen LogP contribution in [0.2, 0.25) is 0 Å². The summed E-state index contributed by atoms with van der Waals surface area (Å²) in [7, 11) is 0. The fraction of sp³-hybridized carbons (Fsp3) is 1.00. The van der Waals surface area contributed by atoms with E-state index in [0.29, 0.717) is 16.4 Å². The molecule has 1 saturated heterocycles. The highest BCUT2D eigenvalue weighted by molar-refractivity contribution is 5.00. The molecule has 23 heavy (non-hydrogen) atoms. The van der Waals surface area contributed by atoms with E-state index in [-0.39, 0.29) is 0 Å². The van der Waals surface area contributed by atoms with Crippen LogP contribution in [0, 0.1) is 34.5 Å². The number of rotatable bonds is 6. The molecular formula is C22H41N. The maximum Gasteiger partial charge on any atom is 0.0155 e. The van der Waals surface area contributed by atoms with E-state index in [2.05, 4.69) is 53.4 Å². The predicted octanol–water partition coefficient (Wildman–Crippen LogP) is 5.99. The molecule has 0 aromatic carbocycles. The summed E-state index contributed by atoms with van der Waals surface area (Å²) in [5.74, 6) is 3.98. The van der Waals surface area contributed by atoms with E-state index in [9.17, 15) is 0 Å². The van der Waals surface area contributed by atoms with E-state index in [4.69, 9.17) is 0 Å². The van der Waals surface area contributed by atoms with E-state index in [1.807, 2.05) is 0 Å². The lowest BCUT2D eigenvalue weighted by Gasteiger charge is -2.51. The van der Waals surface area contributed by atoms with E-state index in [1.54, 1.807) is 0 Å². The van der Waals surface area contributed by atoms with Gasteiger partial charge in [-0.15, -0.1) is 0 Å². The first-order valence-electron chi connectivity index (χ1n) is 10.2. The third-order valence-corrected chi connectivity index (χ3v) is 7.66. The lowest BCUT2D eigenvalue weighted by atomic mass is 9.58. The Morgan fingerprint density at radius 1 is 0.826 bits per heavy atom. The molecule has 1 heterocycles. The molecule has 2 aliphatic carbocycles. The summed E-state index contributed by atoms with van der Waals surface area (Å²) >= 11 is 0. The Morgan fingerprint density at radius 3 is 1.87 bits per heavy atom. The SMILES string of the molecule is CC(C)(C)C1CC1CC(C)(C)C1CC(CC(C)(C)N2CCC2)C1. The normalized spacial score (nSPS) is 35.6. The molecule has 0 aromatic rings. The number of likely N-dealkylation sites (tertiary alicyclic amines) is 1. The Bertz CT molecular complexity index is 418. The van der Waals surface area contributed by atoms with Crippen LogP contribution in [0.1, 0.15) is 87.0 Å². The Labute approximate surface area is 145 Å². The van der Waals surface area contributed by atoms with Gasteiger partial charge in [-0.05, 0) is 100.0 Å². The molecule has 2 saturated carbocycles. The largest absolute Gasteiger partial charge is 0.298 e. The van der Waals surface area contributed by atoms with Crippen molar-refractivity contribution in [2.75, 3.05) is 13.1 Å². The van der Waals surface area contributed by atoms with Crippen LogP contribution in [0.5, 0.6) is 0 Å². The second-order valence-electron chi connectivity index (χ2n) is 11.6. The first-order chi connectivity index (χ1) is 10.5. The van der Waals surface area contributed by atoms with E-state index in [1.165, 1.54) is 51.6 Å². The molecule has 1 nitrogen and oxygen atoms in total. The van der Waals surface area contributed by atoms with Crippen LogP contribution in [0.15, 0.2) is 0 Å². The van der Waals surface area contributed by atoms with Gasteiger partial charge in [-0.2, -0.15) is 0 Å². The first kappa shape index (κ1) is 17.8. The van der Waals surface area contributed by atoms with Crippen molar-refractivity contribution < 1.29 is 0 Å². The van der Waals surface area contributed by atoms with Gasteiger partial charge in [-0.25, -0.2) is 0 Å². The van der Waals surface area contributed by atoms with Crippen LogP contribution < -0.4 is 0 Å². The summed E-state index contributed by atoms with van der Waals surface area (Å²) in [5.41, 5.74) is 1.55. The Hall–Kier alpha value is -0.0400. The Morgan fingerprint density at radius 2 is 1.43 bits per heavy atom. The molecule has 0 spiro atoms. The van der Waals surface area contributed by atoms with Crippen molar-refractivity contribution in [3.8, 4) is 0 Å². The van der Waals surface area contributed by atoms with Crippen LogP contribution in [0.4, 0.5) is 0 Å². The Balaban J connectivity index is 1.43. The highest BCUT2D eigenvalue weighted by Gasteiger charge is 2.50. The fourth-order valence-electron chi connectivity index (χ4n) is 5.67. The van der Waals surface area contributed by atoms with Gasteiger partial charge < -0.3 is 0 Å². The van der Waals surface area contributed by atoms with Gasteiger partial charge in [0.15, 0.2) is 0 Å². The minimum Gasteiger partial charge on any atom is -0.298 e. The molecule has 0 aromatic heterocycles. The third kappa shape index (κ3) is 3.80. The summed E-state index contributed by atoms with van der Waals surface area (Å²) in [4.78, 5) is 2.70. The van der Waals surface area contributed by atoms with Crippen molar-refractivity contribution in [3.05, 3.63) is 0 Å². The Kier molecular flexibility index (Phi) is 4.44. The molecule has 1 heteroatoms. The maximum atomic E-state index is 2.70. The zero-order valence-corrected chi connectivity index (χ0v) is 16.9. The molecule has 3 rings (SSSR count). The van der Waals surface area contributed by atoms with Crippen LogP contribution in [-0.2, 0) is 0 Å². The van der Waals surface area contributed by atoms with Crippen LogP contribution >= 0.6 is 0 Å². The molecule has 0 radical (unpaired) electrons. The van der Waals surface area contributed by atoms with E-state index >= 15 is 0 Å². The molecule has 134 valence electrons. The zero-order valence-electron chi connectivity index (χ0n) is 16.9. The third-order valence-electron chi connectivity index (χ3n) is 7.66. The molecule has 2 atom stereocenters. The molecule has 0 amide bonds. The predicted molar refractivity (Wildman–Crippen MR) is 101 cm³/mol. The van der Waals surface area contributed by atoms with Crippen LogP contribution in [0.3, 0.4) is 0 Å². The molecule has 0 bridgehead atoms. The maximum absolute atomic E-state index is 2.70. The summed E-state index contributed by atoms with van der Waals surface area (Å²) in [6, 6.07) is 0. The molecule has 0 N–H and O–H groups in total. The highest BCUT2D eigenvalue weighted by Crippen LogP contribution is 2.59. The number of hydrogen-bond donors (Lipinski definition) is 0. The second kappa shape index (κ2) is 5.75. The fourth-order valence-corrected chi connectivity index (χ4v) is 5.67. The quantitative estimate of drug-likeness (QED) is 0.581. The van der Waals surface area contributed by atoms with Gasteiger partial charge in [0.1, 0.15) is 0 Å². The van der Waals surface area contributed by atoms with Crippen molar-refractivity contribution in [1.29, 1.82) is 0 Å². The average molecular weight is 320 g/mol. The summed E-state index contributed by atoms with van der Waals surface area (Å²) in [6.07, 6.45) is 8.80. The lowest BCUT2D eigenvalue weighted by Crippen LogP contribution is -2.53. The molecule has 1 aliphatic heterocycles. The number of hydrogen-bond acceptors (Lipinski definition) is 1. The zero-order chi connectivity index (χ0) is 17.0. The highest BCUT2D eigenvalue weighted by atomic mass is 15.2. The summed E-state index contributed by atoms with van der Waals surface area (Å²) in [6.45, 7) is 20.0. The summed E-state index contributed by atoms with van der Waals surface area (Å²) < 4.78 is 0. The smallest absolute Gasteiger partial charge is 0.0155 e. The van der Waals surface area contributed by atoms with Crippen LogP contribution in [-0.4, -0.2) is 23.5 Å². The second-order valence-corrected chi connectivity index (χ2v) is 11.6. The van der Waals surface area contributed by atoms with Gasteiger partial charge >= 0.3 is 0 Å². The van der Waals surface area contributed by atoms with Crippen molar-refractivity contribution in [1.82, 2.24) is 4.90 Å². The van der Waals surface area contributed by atoms with Gasteiger partial charge in [0.25, 0.3) is 0 Å². The van der Waals surface area contributed by atoms with Gasteiger partial charge in [0.2, 0.25) is 0 Å². The van der Waals surface area contributed by atoms with Gasteiger partial charge in [0.05, 0.1) is 0 Å². The van der Waals surface area contributed by atoms with Crippen molar-refractivity contribution >= 4 is 0 Å². The van der Waals surface area contributed by atoms with E-state index < -0.39 is 0 Å². The first-order valence-corrected chi connectivity index (χ1v) is 10.2. The molecule has 3 aliphatic rings. The van der Waals surface area contributed by atoms with E-state index in [0.717, 1.165) is 23.7 Å². The van der Waals surface area contributed by atoms with Crippen molar-refractivity contribution in [2.45, 2.75) is 92.5 Å².